The van der Waals surface area contributed by atoms with Crippen LogP contribution < -0.4 is 10.6 Å². The number of pyridine rings is 2. The van der Waals surface area contributed by atoms with Crippen LogP contribution in [0.15, 0.2) is 55.0 Å². The zero-order valence-corrected chi connectivity index (χ0v) is 13.6. The Balaban J connectivity index is 1.75. The maximum absolute atomic E-state index is 4.56. The Morgan fingerprint density at radius 2 is 1.83 bits per heavy atom. The van der Waals surface area contributed by atoms with Gasteiger partial charge in [0, 0.05) is 55.4 Å². The number of nitrogens with zero attached hydrogens (tertiary/aromatic N) is 4. The first-order valence-electron chi connectivity index (χ1n) is 8.02. The summed E-state index contributed by atoms with van der Waals surface area (Å²) in [4.78, 5) is 17.5. The lowest BCUT2D eigenvalue weighted by atomic mass is 10.2. The summed E-state index contributed by atoms with van der Waals surface area (Å²) in [7, 11) is 0. The standard InChI is InChI=1S/C18H20N6/c1-2-20-18-23-16(14-6-10-19-11-7-14)13-17(24-18)22-12-8-15-5-3-4-9-21-15/h3-7,9-11,13H,2,8,12H2,1H3,(H2,20,22,23,24). The van der Waals surface area contributed by atoms with Crippen LogP contribution in [0.4, 0.5) is 11.8 Å². The number of aromatic nitrogens is 4. The van der Waals surface area contributed by atoms with Crippen molar-refractivity contribution in [3.05, 3.63) is 60.7 Å². The predicted molar refractivity (Wildman–Crippen MR) is 95.9 cm³/mol. The molecule has 3 aromatic rings. The molecule has 0 saturated heterocycles. The first kappa shape index (κ1) is 15.9. The van der Waals surface area contributed by atoms with Gasteiger partial charge in [0.15, 0.2) is 0 Å². The van der Waals surface area contributed by atoms with Gasteiger partial charge in [-0.25, -0.2) is 4.98 Å². The molecule has 0 bridgehead atoms. The van der Waals surface area contributed by atoms with E-state index in [2.05, 4.69) is 30.6 Å². The van der Waals surface area contributed by atoms with Gasteiger partial charge in [0.2, 0.25) is 5.95 Å². The molecule has 3 heterocycles. The summed E-state index contributed by atoms with van der Waals surface area (Å²) in [5.74, 6) is 1.41. The zero-order valence-electron chi connectivity index (χ0n) is 13.6. The van der Waals surface area contributed by atoms with Crippen molar-refractivity contribution in [1.29, 1.82) is 0 Å². The van der Waals surface area contributed by atoms with Gasteiger partial charge in [-0.1, -0.05) is 6.07 Å². The Morgan fingerprint density at radius 3 is 2.58 bits per heavy atom. The van der Waals surface area contributed by atoms with E-state index in [0.29, 0.717) is 5.95 Å². The molecule has 0 spiro atoms. The molecule has 0 fully saturated rings. The first-order valence-corrected chi connectivity index (χ1v) is 8.02. The fourth-order valence-electron chi connectivity index (χ4n) is 2.31. The highest BCUT2D eigenvalue weighted by Crippen LogP contribution is 2.20. The quantitative estimate of drug-likeness (QED) is 0.697. The molecule has 0 aliphatic carbocycles. The summed E-state index contributed by atoms with van der Waals surface area (Å²) >= 11 is 0. The molecular weight excluding hydrogens is 300 g/mol. The van der Waals surface area contributed by atoms with Crippen LogP contribution in [0.25, 0.3) is 11.3 Å². The third-order valence-electron chi connectivity index (χ3n) is 3.45. The Hall–Kier alpha value is -3.02. The van der Waals surface area contributed by atoms with Gasteiger partial charge < -0.3 is 10.6 Å². The van der Waals surface area contributed by atoms with Gasteiger partial charge in [-0.05, 0) is 31.2 Å². The topological polar surface area (TPSA) is 75.6 Å². The highest BCUT2D eigenvalue weighted by Gasteiger charge is 2.06. The minimum atomic E-state index is 0.618. The summed E-state index contributed by atoms with van der Waals surface area (Å²) in [5.41, 5.74) is 2.93. The fourth-order valence-corrected chi connectivity index (χ4v) is 2.31. The lowest BCUT2D eigenvalue weighted by Crippen LogP contribution is -2.10. The molecule has 0 aromatic carbocycles. The van der Waals surface area contributed by atoms with E-state index >= 15 is 0 Å². The number of nitrogens with one attached hydrogen (secondary N) is 2. The van der Waals surface area contributed by atoms with Gasteiger partial charge in [-0.3, -0.25) is 9.97 Å². The fraction of sp³-hybridized carbons (Fsp3) is 0.222. The molecule has 0 amide bonds. The Labute approximate surface area is 141 Å². The molecule has 0 aliphatic heterocycles. The van der Waals surface area contributed by atoms with E-state index in [9.17, 15) is 0 Å². The number of anilines is 2. The molecule has 0 radical (unpaired) electrons. The highest BCUT2D eigenvalue weighted by molar-refractivity contribution is 5.63. The predicted octanol–water partition coefficient (Wildman–Crippen LogP) is 3.02. The maximum Gasteiger partial charge on any atom is 0.225 e. The molecule has 3 rings (SSSR count). The van der Waals surface area contributed by atoms with Crippen molar-refractivity contribution < 1.29 is 0 Å². The average molecular weight is 320 g/mol. The average Bonchev–Trinajstić information content (AvgIpc) is 2.63. The first-order chi connectivity index (χ1) is 11.8. The molecule has 0 unspecified atom stereocenters. The van der Waals surface area contributed by atoms with Gasteiger partial charge in [0.25, 0.3) is 0 Å². The van der Waals surface area contributed by atoms with Crippen molar-refractivity contribution >= 4 is 11.8 Å². The van der Waals surface area contributed by atoms with E-state index in [1.807, 2.05) is 49.5 Å². The van der Waals surface area contributed by atoms with Gasteiger partial charge in [-0.15, -0.1) is 0 Å². The van der Waals surface area contributed by atoms with E-state index in [0.717, 1.165) is 42.3 Å². The van der Waals surface area contributed by atoms with Crippen LogP contribution in [-0.2, 0) is 6.42 Å². The molecule has 6 heteroatoms. The van der Waals surface area contributed by atoms with Crippen molar-refractivity contribution in [2.75, 3.05) is 23.7 Å². The molecule has 122 valence electrons. The molecule has 3 aromatic heterocycles. The molecule has 0 atom stereocenters. The second kappa shape index (κ2) is 8.01. The maximum atomic E-state index is 4.56. The molecule has 0 saturated carbocycles. The molecule has 2 N–H and O–H groups in total. The van der Waals surface area contributed by atoms with Crippen molar-refractivity contribution in [3.8, 4) is 11.3 Å². The summed E-state index contributed by atoms with van der Waals surface area (Å²) < 4.78 is 0. The van der Waals surface area contributed by atoms with E-state index < -0.39 is 0 Å². The number of hydrogen-bond donors (Lipinski definition) is 2. The normalized spacial score (nSPS) is 10.4. The Morgan fingerprint density at radius 1 is 0.958 bits per heavy atom. The zero-order chi connectivity index (χ0) is 16.6. The largest absolute Gasteiger partial charge is 0.369 e. The van der Waals surface area contributed by atoms with Crippen molar-refractivity contribution in [3.63, 3.8) is 0 Å². The van der Waals surface area contributed by atoms with Gasteiger partial charge in [0.1, 0.15) is 5.82 Å². The van der Waals surface area contributed by atoms with Gasteiger partial charge in [0.05, 0.1) is 5.69 Å². The minimum Gasteiger partial charge on any atom is -0.369 e. The van der Waals surface area contributed by atoms with E-state index in [4.69, 9.17) is 0 Å². The number of rotatable bonds is 7. The van der Waals surface area contributed by atoms with Crippen LogP contribution in [0.5, 0.6) is 0 Å². The van der Waals surface area contributed by atoms with E-state index in [-0.39, 0.29) is 0 Å². The lowest BCUT2D eigenvalue weighted by Gasteiger charge is -2.10. The van der Waals surface area contributed by atoms with E-state index in [1.54, 1.807) is 12.4 Å². The smallest absolute Gasteiger partial charge is 0.225 e. The van der Waals surface area contributed by atoms with Crippen molar-refractivity contribution in [1.82, 2.24) is 19.9 Å². The third kappa shape index (κ3) is 4.25. The molecule has 6 nitrogen and oxygen atoms in total. The summed E-state index contributed by atoms with van der Waals surface area (Å²) in [6.07, 6.45) is 6.17. The van der Waals surface area contributed by atoms with Crippen molar-refractivity contribution in [2.24, 2.45) is 0 Å². The third-order valence-corrected chi connectivity index (χ3v) is 3.45. The van der Waals surface area contributed by atoms with Crippen LogP contribution >= 0.6 is 0 Å². The molecule has 24 heavy (non-hydrogen) atoms. The second-order valence-corrected chi connectivity index (χ2v) is 5.23. The number of hydrogen-bond acceptors (Lipinski definition) is 6. The van der Waals surface area contributed by atoms with Crippen LogP contribution in [0.2, 0.25) is 0 Å². The van der Waals surface area contributed by atoms with Crippen molar-refractivity contribution in [2.45, 2.75) is 13.3 Å². The second-order valence-electron chi connectivity index (χ2n) is 5.23. The van der Waals surface area contributed by atoms with Crippen LogP contribution in [0, 0.1) is 0 Å². The van der Waals surface area contributed by atoms with E-state index in [1.165, 1.54) is 0 Å². The summed E-state index contributed by atoms with van der Waals surface area (Å²) in [5, 5.41) is 6.53. The van der Waals surface area contributed by atoms with Crippen LogP contribution in [-0.4, -0.2) is 33.0 Å². The van der Waals surface area contributed by atoms with Crippen LogP contribution in [0.1, 0.15) is 12.6 Å². The lowest BCUT2D eigenvalue weighted by molar-refractivity contribution is 0.950. The SMILES string of the molecule is CCNc1nc(NCCc2ccccn2)cc(-c2ccncc2)n1. The monoisotopic (exact) mass is 320 g/mol. The summed E-state index contributed by atoms with van der Waals surface area (Å²) in [6, 6.07) is 11.8. The Bertz CT molecular complexity index is 761. The summed E-state index contributed by atoms with van der Waals surface area (Å²) in [6.45, 7) is 3.55. The molecule has 0 aliphatic rings. The Kier molecular flexibility index (Phi) is 5.29. The van der Waals surface area contributed by atoms with Gasteiger partial charge >= 0.3 is 0 Å². The van der Waals surface area contributed by atoms with Gasteiger partial charge in [-0.2, -0.15) is 4.98 Å². The minimum absolute atomic E-state index is 0.618. The highest BCUT2D eigenvalue weighted by atomic mass is 15.1. The molecular formula is C18H20N6. The van der Waals surface area contributed by atoms with Crippen LogP contribution in [0.3, 0.4) is 0 Å².